The van der Waals surface area contributed by atoms with Crippen molar-refractivity contribution >= 4 is 18.3 Å². The maximum absolute atomic E-state index is 11.9. The maximum atomic E-state index is 11.9. The summed E-state index contributed by atoms with van der Waals surface area (Å²) < 4.78 is 0. The Labute approximate surface area is 134 Å². The zero-order chi connectivity index (χ0) is 14.4. The fourth-order valence-corrected chi connectivity index (χ4v) is 2.64. The number of hydrogen-bond acceptors (Lipinski definition) is 2. The molecule has 4 heteroatoms. The third-order valence-corrected chi connectivity index (χ3v) is 4.07. The Morgan fingerprint density at radius 1 is 1.24 bits per heavy atom. The molecule has 1 aromatic carbocycles. The van der Waals surface area contributed by atoms with Crippen molar-refractivity contribution in [2.75, 3.05) is 13.1 Å². The van der Waals surface area contributed by atoms with Crippen molar-refractivity contribution in [3.63, 3.8) is 0 Å². The minimum absolute atomic E-state index is 0. The van der Waals surface area contributed by atoms with Crippen LogP contribution in [0.5, 0.6) is 0 Å². The molecule has 1 aromatic rings. The van der Waals surface area contributed by atoms with Crippen LogP contribution < -0.4 is 10.6 Å². The SMILES string of the molecule is CC(C)c1ccc(CNC(=O)CC2CCNCC2)cc1.Cl. The molecule has 0 aliphatic carbocycles. The molecule has 2 rings (SSSR count). The van der Waals surface area contributed by atoms with E-state index in [1.807, 2.05) is 0 Å². The second kappa shape index (κ2) is 9.06. The first kappa shape index (κ1) is 18.0. The summed E-state index contributed by atoms with van der Waals surface area (Å²) in [5.74, 6) is 1.29. The van der Waals surface area contributed by atoms with Crippen LogP contribution in [0.3, 0.4) is 0 Å². The number of hydrogen-bond donors (Lipinski definition) is 2. The molecule has 1 saturated heterocycles. The number of benzene rings is 1. The van der Waals surface area contributed by atoms with Gasteiger partial charge in [-0.3, -0.25) is 4.79 Å². The number of rotatable bonds is 5. The molecule has 1 heterocycles. The highest BCUT2D eigenvalue weighted by Crippen LogP contribution is 2.16. The highest BCUT2D eigenvalue weighted by Gasteiger charge is 2.16. The van der Waals surface area contributed by atoms with Crippen LogP contribution in [-0.2, 0) is 11.3 Å². The number of amides is 1. The number of halogens is 1. The highest BCUT2D eigenvalue weighted by molar-refractivity contribution is 5.85. The van der Waals surface area contributed by atoms with E-state index in [-0.39, 0.29) is 18.3 Å². The first-order valence-corrected chi connectivity index (χ1v) is 7.71. The van der Waals surface area contributed by atoms with E-state index < -0.39 is 0 Å². The molecular formula is C17H27ClN2O. The maximum Gasteiger partial charge on any atom is 0.220 e. The monoisotopic (exact) mass is 310 g/mol. The van der Waals surface area contributed by atoms with Gasteiger partial charge in [0.2, 0.25) is 5.91 Å². The average Bonchev–Trinajstić information content (AvgIpc) is 2.46. The van der Waals surface area contributed by atoms with Gasteiger partial charge in [-0.05, 0) is 48.9 Å². The normalized spacial score (nSPS) is 15.6. The van der Waals surface area contributed by atoms with E-state index in [9.17, 15) is 4.79 Å². The van der Waals surface area contributed by atoms with E-state index in [0.717, 1.165) is 25.9 Å². The number of carbonyl (C=O) groups excluding carboxylic acids is 1. The van der Waals surface area contributed by atoms with Gasteiger partial charge in [0.1, 0.15) is 0 Å². The lowest BCUT2D eigenvalue weighted by molar-refractivity contribution is -0.122. The van der Waals surface area contributed by atoms with E-state index in [0.29, 0.717) is 24.8 Å². The molecule has 1 fully saturated rings. The Morgan fingerprint density at radius 3 is 2.43 bits per heavy atom. The molecule has 0 aromatic heterocycles. The van der Waals surface area contributed by atoms with Gasteiger partial charge in [-0.25, -0.2) is 0 Å². The zero-order valence-corrected chi connectivity index (χ0v) is 13.8. The van der Waals surface area contributed by atoms with Gasteiger partial charge in [-0.1, -0.05) is 38.1 Å². The molecule has 118 valence electrons. The van der Waals surface area contributed by atoms with Crippen molar-refractivity contribution < 1.29 is 4.79 Å². The summed E-state index contributed by atoms with van der Waals surface area (Å²) in [5.41, 5.74) is 2.52. The second-order valence-corrected chi connectivity index (χ2v) is 6.07. The van der Waals surface area contributed by atoms with Crippen molar-refractivity contribution in [1.82, 2.24) is 10.6 Å². The van der Waals surface area contributed by atoms with Crippen LogP contribution in [0, 0.1) is 5.92 Å². The van der Waals surface area contributed by atoms with Gasteiger partial charge >= 0.3 is 0 Å². The van der Waals surface area contributed by atoms with Gasteiger partial charge in [-0.2, -0.15) is 0 Å². The molecular weight excluding hydrogens is 284 g/mol. The Bertz CT molecular complexity index is 425. The van der Waals surface area contributed by atoms with Crippen LogP contribution in [0.1, 0.15) is 50.2 Å². The molecule has 0 bridgehead atoms. The molecule has 0 unspecified atom stereocenters. The Hall–Kier alpha value is -1.06. The minimum atomic E-state index is 0. The molecule has 3 nitrogen and oxygen atoms in total. The largest absolute Gasteiger partial charge is 0.352 e. The summed E-state index contributed by atoms with van der Waals surface area (Å²) >= 11 is 0. The molecule has 1 aliphatic heterocycles. The quantitative estimate of drug-likeness (QED) is 0.876. The molecule has 0 atom stereocenters. The van der Waals surface area contributed by atoms with Crippen molar-refractivity contribution in [2.24, 2.45) is 5.92 Å². The zero-order valence-electron chi connectivity index (χ0n) is 13.0. The summed E-state index contributed by atoms with van der Waals surface area (Å²) in [5, 5.41) is 6.36. The Morgan fingerprint density at radius 2 is 1.86 bits per heavy atom. The standard InChI is InChI=1S/C17H26N2O.ClH/c1-13(2)16-5-3-15(4-6-16)12-19-17(20)11-14-7-9-18-10-8-14;/h3-6,13-14,18H,7-12H2,1-2H3,(H,19,20);1H. The van der Waals surface area contributed by atoms with Gasteiger partial charge in [0.15, 0.2) is 0 Å². The van der Waals surface area contributed by atoms with Crippen LogP contribution in [0.25, 0.3) is 0 Å². The van der Waals surface area contributed by atoms with Crippen LogP contribution in [0.2, 0.25) is 0 Å². The Balaban J connectivity index is 0.00000220. The Kier molecular flexibility index (Phi) is 7.76. The predicted molar refractivity (Wildman–Crippen MR) is 89.8 cm³/mol. The van der Waals surface area contributed by atoms with Gasteiger partial charge in [0, 0.05) is 13.0 Å². The molecule has 2 N–H and O–H groups in total. The molecule has 1 aliphatic rings. The van der Waals surface area contributed by atoms with Gasteiger partial charge in [0.25, 0.3) is 0 Å². The third kappa shape index (κ3) is 6.06. The van der Waals surface area contributed by atoms with Crippen molar-refractivity contribution in [1.29, 1.82) is 0 Å². The summed E-state index contributed by atoms with van der Waals surface area (Å²) in [7, 11) is 0. The second-order valence-electron chi connectivity index (χ2n) is 6.07. The smallest absolute Gasteiger partial charge is 0.220 e. The summed E-state index contributed by atoms with van der Waals surface area (Å²) in [6.45, 7) is 7.12. The van der Waals surface area contributed by atoms with Crippen LogP contribution in [0.4, 0.5) is 0 Å². The lowest BCUT2D eigenvalue weighted by atomic mass is 9.94. The van der Waals surface area contributed by atoms with Gasteiger partial charge in [0.05, 0.1) is 0 Å². The first-order chi connectivity index (χ1) is 9.65. The van der Waals surface area contributed by atoms with Crippen LogP contribution in [0.15, 0.2) is 24.3 Å². The highest BCUT2D eigenvalue weighted by atomic mass is 35.5. The molecule has 0 radical (unpaired) electrons. The third-order valence-electron chi connectivity index (χ3n) is 4.07. The lowest BCUT2D eigenvalue weighted by Crippen LogP contribution is -2.32. The average molecular weight is 311 g/mol. The molecule has 0 saturated carbocycles. The van der Waals surface area contributed by atoms with E-state index in [1.54, 1.807) is 0 Å². The number of nitrogens with one attached hydrogen (secondary N) is 2. The van der Waals surface area contributed by atoms with E-state index in [2.05, 4.69) is 48.7 Å². The topological polar surface area (TPSA) is 41.1 Å². The minimum Gasteiger partial charge on any atom is -0.352 e. The van der Waals surface area contributed by atoms with Crippen LogP contribution in [-0.4, -0.2) is 19.0 Å². The van der Waals surface area contributed by atoms with Crippen molar-refractivity contribution in [2.45, 2.75) is 45.6 Å². The molecule has 21 heavy (non-hydrogen) atoms. The fraction of sp³-hybridized carbons (Fsp3) is 0.588. The van der Waals surface area contributed by atoms with Crippen molar-refractivity contribution in [3.8, 4) is 0 Å². The summed E-state index contributed by atoms with van der Waals surface area (Å²) in [6.07, 6.45) is 2.92. The van der Waals surface area contributed by atoms with E-state index in [4.69, 9.17) is 0 Å². The van der Waals surface area contributed by atoms with Crippen LogP contribution >= 0.6 is 12.4 Å². The van der Waals surface area contributed by atoms with Gasteiger partial charge < -0.3 is 10.6 Å². The van der Waals surface area contributed by atoms with Gasteiger partial charge in [-0.15, -0.1) is 12.4 Å². The first-order valence-electron chi connectivity index (χ1n) is 7.71. The molecule has 0 spiro atoms. The van der Waals surface area contributed by atoms with E-state index >= 15 is 0 Å². The summed E-state index contributed by atoms with van der Waals surface area (Å²) in [6, 6.07) is 8.53. The fourth-order valence-electron chi connectivity index (χ4n) is 2.64. The lowest BCUT2D eigenvalue weighted by Gasteiger charge is -2.21. The number of piperidine rings is 1. The summed E-state index contributed by atoms with van der Waals surface area (Å²) in [4.78, 5) is 11.9. The molecule has 1 amide bonds. The van der Waals surface area contributed by atoms with E-state index in [1.165, 1.54) is 11.1 Å². The number of carbonyl (C=O) groups is 1. The predicted octanol–water partition coefficient (Wildman–Crippen LogP) is 3.24. The van der Waals surface area contributed by atoms with Crippen molar-refractivity contribution in [3.05, 3.63) is 35.4 Å².